The van der Waals surface area contributed by atoms with Gasteiger partial charge in [-0.15, -0.1) is 11.3 Å². The number of esters is 1. The van der Waals surface area contributed by atoms with Gasteiger partial charge < -0.3 is 9.15 Å². The molecule has 1 N–H and O–H groups in total. The minimum absolute atomic E-state index is 0.215. The summed E-state index contributed by atoms with van der Waals surface area (Å²) in [6, 6.07) is 8.99. The van der Waals surface area contributed by atoms with Crippen LogP contribution in [0.3, 0.4) is 0 Å². The average molecular weight is 357 g/mol. The number of fused-ring (bicyclic) bond motifs is 1. The van der Waals surface area contributed by atoms with Crippen LogP contribution in [0.15, 0.2) is 50.0 Å². The fourth-order valence-electron chi connectivity index (χ4n) is 2.13. The maximum atomic E-state index is 12.1. The van der Waals surface area contributed by atoms with Crippen molar-refractivity contribution in [3.63, 3.8) is 0 Å². The monoisotopic (exact) mass is 357 g/mol. The normalized spacial score (nSPS) is 11.5. The second-order valence-corrected chi connectivity index (χ2v) is 5.91. The Kier molecular flexibility index (Phi) is 4.90. The number of rotatable bonds is 5. The highest BCUT2D eigenvalue weighted by molar-refractivity contribution is 7.13. The SMILES string of the molecule is CCOC(=O)c1csc(N/N=C(\C)c2cc3ccccc3oc2=O)n1. The molecule has 3 rings (SSSR count). The number of anilines is 1. The van der Waals surface area contributed by atoms with E-state index in [9.17, 15) is 9.59 Å². The lowest BCUT2D eigenvalue weighted by molar-refractivity contribution is 0.0520. The summed E-state index contributed by atoms with van der Waals surface area (Å²) in [5, 5.41) is 6.97. The molecular formula is C17H15N3O4S. The standard InChI is InChI=1S/C17H15N3O4S/c1-3-23-16(22)13-9-25-17(18-13)20-19-10(2)12-8-11-6-4-5-7-14(11)24-15(12)21/h4-9H,3H2,1-2H3,(H,18,20)/b19-10+. The van der Waals surface area contributed by atoms with Crippen LogP contribution in [0.2, 0.25) is 0 Å². The summed E-state index contributed by atoms with van der Waals surface area (Å²) in [4.78, 5) is 27.8. The van der Waals surface area contributed by atoms with Crippen LogP contribution in [0.25, 0.3) is 11.0 Å². The topological polar surface area (TPSA) is 93.8 Å². The van der Waals surface area contributed by atoms with Crippen molar-refractivity contribution in [2.45, 2.75) is 13.8 Å². The lowest BCUT2D eigenvalue weighted by Crippen LogP contribution is -2.13. The molecule has 0 spiro atoms. The highest BCUT2D eigenvalue weighted by Crippen LogP contribution is 2.17. The molecule has 0 atom stereocenters. The van der Waals surface area contributed by atoms with Crippen molar-refractivity contribution in [3.05, 3.63) is 57.4 Å². The minimum atomic E-state index is -0.484. The first kappa shape index (κ1) is 16.8. The predicted molar refractivity (Wildman–Crippen MR) is 96.4 cm³/mol. The summed E-state index contributed by atoms with van der Waals surface area (Å²) < 4.78 is 10.2. The Morgan fingerprint density at radius 1 is 1.40 bits per heavy atom. The highest BCUT2D eigenvalue weighted by atomic mass is 32.1. The fraction of sp³-hybridized carbons (Fsp3) is 0.176. The second-order valence-electron chi connectivity index (χ2n) is 5.05. The van der Waals surface area contributed by atoms with E-state index in [2.05, 4.69) is 15.5 Å². The minimum Gasteiger partial charge on any atom is -0.461 e. The number of thiazole rings is 1. The Bertz CT molecular complexity index is 1010. The summed E-state index contributed by atoms with van der Waals surface area (Å²) in [6.45, 7) is 3.70. The number of hydrogen-bond donors (Lipinski definition) is 1. The van der Waals surface area contributed by atoms with Gasteiger partial charge in [-0.25, -0.2) is 14.6 Å². The second kappa shape index (κ2) is 7.27. The molecule has 7 nitrogen and oxygen atoms in total. The summed E-state index contributed by atoms with van der Waals surface area (Å²) in [5.41, 5.74) is 3.82. The molecule has 0 saturated heterocycles. The van der Waals surface area contributed by atoms with Crippen molar-refractivity contribution in [1.82, 2.24) is 4.98 Å². The number of ether oxygens (including phenoxy) is 1. The number of carbonyl (C=O) groups is 1. The van der Waals surface area contributed by atoms with E-state index in [-0.39, 0.29) is 12.3 Å². The number of hydrazone groups is 1. The van der Waals surface area contributed by atoms with Crippen LogP contribution in [0.5, 0.6) is 0 Å². The lowest BCUT2D eigenvalue weighted by atomic mass is 10.1. The molecule has 0 bridgehead atoms. The Morgan fingerprint density at radius 2 is 2.20 bits per heavy atom. The van der Waals surface area contributed by atoms with Crippen LogP contribution in [0.1, 0.15) is 29.9 Å². The summed E-state index contributed by atoms with van der Waals surface area (Å²) >= 11 is 1.22. The molecule has 0 radical (unpaired) electrons. The van der Waals surface area contributed by atoms with Crippen LogP contribution in [-0.2, 0) is 4.74 Å². The van der Waals surface area contributed by atoms with Gasteiger partial charge in [-0.3, -0.25) is 5.43 Å². The van der Waals surface area contributed by atoms with Gasteiger partial charge in [0.15, 0.2) is 5.69 Å². The van der Waals surface area contributed by atoms with Gasteiger partial charge in [0.25, 0.3) is 0 Å². The lowest BCUT2D eigenvalue weighted by Gasteiger charge is -2.02. The third-order valence-corrected chi connectivity index (χ3v) is 4.09. The number of nitrogens with zero attached hydrogens (tertiary/aromatic N) is 2. The zero-order valence-electron chi connectivity index (χ0n) is 13.6. The zero-order valence-corrected chi connectivity index (χ0v) is 14.4. The van der Waals surface area contributed by atoms with Gasteiger partial charge in [0, 0.05) is 10.8 Å². The van der Waals surface area contributed by atoms with Crippen LogP contribution in [0.4, 0.5) is 5.13 Å². The van der Waals surface area contributed by atoms with Crippen molar-refractivity contribution in [1.29, 1.82) is 0 Å². The Morgan fingerprint density at radius 3 is 3.00 bits per heavy atom. The van der Waals surface area contributed by atoms with Crippen molar-refractivity contribution in [3.8, 4) is 0 Å². The van der Waals surface area contributed by atoms with E-state index in [1.807, 2.05) is 12.1 Å². The molecule has 0 amide bonds. The summed E-state index contributed by atoms with van der Waals surface area (Å²) in [7, 11) is 0. The first-order chi connectivity index (χ1) is 12.1. The molecule has 0 unspecified atom stereocenters. The first-order valence-electron chi connectivity index (χ1n) is 7.54. The van der Waals surface area contributed by atoms with Crippen molar-refractivity contribution >= 4 is 39.1 Å². The van der Waals surface area contributed by atoms with Gasteiger partial charge in [-0.2, -0.15) is 5.10 Å². The first-order valence-corrected chi connectivity index (χ1v) is 8.42. The molecule has 2 aromatic heterocycles. The Labute approximate surface area is 147 Å². The fourth-order valence-corrected chi connectivity index (χ4v) is 2.75. The zero-order chi connectivity index (χ0) is 17.8. The van der Waals surface area contributed by atoms with E-state index < -0.39 is 11.6 Å². The average Bonchev–Trinajstić information content (AvgIpc) is 3.08. The molecule has 25 heavy (non-hydrogen) atoms. The van der Waals surface area contributed by atoms with E-state index in [0.717, 1.165) is 5.39 Å². The van der Waals surface area contributed by atoms with Gasteiger partial charge in [-0.05, 0) is 26.0 Å². The molecule has 0 aliphatic carbocycles. The number of nitrogens with one attached hydrogen (secondary N) is 1. The molecule has 8 heteroatoms. The van der Waals surface area contributed by atoms with Crippen LogP contribution in [-0.4, -0.2) is 23.3 Å². The van der Waals surface area contributed by atoms with Crippen molar-refractivity contribution < 1.29 is 13.9 Å². The molecule has 2 heterocycles. The van der Waals surface area contributed by atoms with Crippen LogP contribution in [0, 0.1) is 0 Å². The van der Waals surface area contributed by atoms with Crippen molar-refractivity contribution in [2.24, 2.45) is 5.10 Å². The van der Waals surface area contributed by atoms with Gasteiger partial charge in [0.1, 0.15) is 5.58 Å². The molecular weight excluding hydrogens is 342 g/mol. The predicted octanol–water partition coefficient (Wildman–Crippen LogP) is 3.26. The molecule has 0 aliphatic heterocycles. The summed E-state index contributed by atoms with van der Waals surface area (Å²) in [6.07, 6.45) is 0. The number of hydrogen-bond acceptors (Lipinski definition) is 8. The quantitative estimate of drug-likeness (QED) is 0.326. The third-order valence-electron chi connectivity index (χ3n) is 3.34. The smallest absolute Gasteiger partial charge is 0.357 e. The largest absolute Gasteiger partial charge is 0.461 e. The number of para-hydroxylation sites is 1. The number of carbonyl (C=O) groups excluding carboxylic acids is 1. The van der Waals surface area contributed by atoms with Crippen LogP contribution >= 0.6 is 11.3 Å². The molecule has 0 fully saturated rings. The molecule has 0 saturated carbocycles. The number of benzene rings is 1. The van der Waals surface area contributed by atoms with E-state index in [4.69, 9.17) is 9.15 Å². The number of aromatic nitrogens is 1. The maximum Gasteiger partial charge on any atom is 0.357 e. The van der Waals surface area contributed by atoms with Crippen molar-refractivity contribution in [2.75, 3.05) is 12.0 Å². The van der Waals surface area contributed by atoms with E-state index in [1.165, 1.54) is 11.3 Å². The van der Waals surface area contributed by atoms with E-state index in [1.54, 1.807) is 37.4 Å². The van der Waals surface area contributed by atoms with Gasteiger partial charge in [0.05, 0.1) is 17.9 Å². The molecule has 0 aliphatic rings. The van der Waals surface area contributed by atoms with Gasteiger partial charge in [0.2, 0.25) is 5.13 Å². The summed E-state index contributed by atoms with van der Waals surface area (Å²) in [5.74, 6) is -0.484. The van der Waals surface area contributed by atoms with E-state index in [0.29, 0.717) is 22.0 Å². The molecule has 3 aromatic rings. The van der Waals surface area contributed by atoms with Gasteiger partial charge in [-0.1, -0.05) is 18.2 Å². The Hall–Kier alpha value is -3.00. The highest BCUT2D eigenvalue weighted by Gasteiger charge is 2.12. The van der Waals surface area contributed by atoms with Gasteiger partial charge >= 0.3 is 11.6 Å². The van der Waals surface area contributed by atoms with E-state index >= 15 is 0 Å². The van der Waals surface area contributed by atoms with Crippen LogP contribution < -0.4 is 11.1 Å². The third kappa shape index (κ3) is 3.74. The molecule has 128 valence electrons. The molecule has 1 aromatic carbocycles. The maximum absolute atomic E-state index is 12.1. The Balaban J connectivity index is 1.81.